The van der Waals surface area contributed by atoms with Crippen LogP contribution in [-0.4, -0.2) is 15.0 Å². The quantitative estimate of drug-likeness (QED) is 0.612. The van der Waals surface area contributed by atoms with Crippen LogP contribution < -0.4 is 11.2 Å². The van der Waals surface area contributed by atoms with Crippen molar-refractivity contribution in [3.05, 3.63) is 32.9 Å². The van der Waals surface area contributed by atoms with Crippen molar-refractivity contribution in [1.29, 1.82) is 0 Å². The van der Waals surface area contributed by atoms with Gasteiger partial charge in [0.2, 0.25) is 5.43 Å². The zero-order chi connectivity index (χ0) is 12.0. The molecule has 0 saturated heterocycles. The molecule has 0 aromatic carbocycles. The minimum Gasteiger partial charge on any atom is -0.385 e. The molecular formula is C11H10N4OS. The molecule has 0 amide bonds. The van der Waals surface area contributed by atoms with Crippen molar-refractivity contribution in [2.24, 2.45) is 0 Å². The number of thiazole rings is 1. The number of nitrogens with one attached hydrogen (secondary N) is 2. The van der Waals surface area contributed by atoms with Crippen molar-refractivity contribution in [3.8, 4) is 11.3 Å². The van der Waals surface area contributed by atoms with Gasteiger partial charge in [0.25, 0.3) is 0 Å². The second-order valence-electron chi connectivity index (χ2n) is 3.84. The number of nitrogens with two attached hydrogens (primary N) is 1. The standard InChI is InChI=1S/C11H10N4OS/c1-5-9(7-3-17-4-13-7)10(16)6-2-8(12)15-11(6)14-5/h2-4H,12H2,1H3,(H2,14,15,16). The number of pyridine rings is 1. The van der Waals surface area contributed by atoms with Crippen molar-refractivity contribution < 1.29 is 0 Å². The summed E-state index contributed by atoms with van der Waals surface area (Å²) < 4.78 is 0. The predicted octanol–water partition coefficient (Wildman–Crippen LogP) is 1.87. The second-order valence-corrected chi connectivity index (χ2v) is 4.56. The number of hydrogen-bond acceptors (Lipinski definition) is 4. The van der Waals surface area contributed by atoms with Crippen molar-refractivity contribution in [3.63, 3.8) is 0 Å². The van der Waals surface area contributed by atoms with Gasteiger partial charge in [0.05, 0.1) is 22.2 Å². The van der Waals surface area contributed by atoms with Crippen LogP contribution in [-0.2, 0) is 0 Å². The van der Waals surface area contributed by atoms with E-state index in [1.54, 1.807) is 11.6 Å². The molecular weight excluding hydrogens is 236 g/mol. The van der Waals surface area contributed by atoms with Gasteiger partial charge in [-0.05, 0) is 13.0 Å². The molecule has 17 heavy (non-hydrogen) atoms. The first kappa shape index (κ1) is 10.1. The van der Waals surface area contributed by atoms with Crippen LogP contribution in [0.5, 0.6) is 0 Å². The summed E-state index contributed by atoms with van der Waals surface area (Å²) in [7, 11) is 0. The van der Waals surface area contributed by atoms with Crippen molar-refractivity contribution in [2.75, 3.05) is 5.73 Å². The molecule has 0 aliphatic rings. The Hall–Kier alpha value is -2.08. The van der Waals surface area contributed by atoms with E-state index < -0.39 is 0 Å². The van der Waals surface area contributed by atoms with Gasteiger partial charge in [0, 0.05) is 11.1 Å². The summed E-state index contributed by atoms with van der Waals surface area (Å²) in [4.78, 5) is 22.6. The van der Waals surface area contributed by atoms with Gasteiger partial charge in [-0.2, -0.15) is 0 Å². The van der Waals surface area contributed by atoms with E-state index in [1.807, 2.05) is 12.3 Å². The van der Waals surface area contributed by atoms with Crippen LogP contribution in [0.15, 0.2) is 21.8 Å². The van der Waals surface area contributed by atoms with Gasteiger partial charge in [-0.1, -0.05) is 0 Å². The molecule has 0 spiro atoms. The molecule has 0 fully saturated rings. The lowest BCUT2D eigenvalue weighted by atomic mass is 10.1. The molecule has 0 radical (unpaired) electrons. The smallest absolute Gasteiger partial charge is 0.200 e. The van der Waals surface area contributed by atoms with Crippen LogP contribution in [0.3, 0.4) is 0 Å². The SMILES string of the molecule is Cc1[nH]c2[nH]c(N)cc2c(=O)c1-c1cscn1. The number of aryl methyl sites for hydroxylation is 1. The molecule has 0 bridgehead atoms. The highest BCUT2D eigenvalue weighted by Gasteiger charge is 2.14. The summed E-state index contributed by atoms with van der Waals surface area (Å²) in [5.74, 6) is 0.475. The zero-order valence-corrected chi connectivity index (χ0v) is 9.89. The molecule has 5 nitrogen and oxygen atoms in total. The Balaban J connectivity index is 2.43. The van der Waals surface area contributed by atoms with E-state index in [-0.39, 0.29) is 5.43 Å². The molecule has 0 saturated carbocycles. The van der Waals surface area contributed by atoms with Gasteiger partial charge >= 0.3 is 0 Å². The minimum absolute atomic E-state index is 0.0462. The molecule has 86 valence electrons. The number of H-pyrrole nitrogens is 2. The van der Waals surface area contributed by atoms with Gasteiger partial charge < -0.3 is 15.7 Å². The van der Waals surface area contributed by atoms with Crippen LogP contribution in [0.2, 0.25) is 0 Å². The van der Waals surface area contributed by atoms with E-state index >= 15 is 0 Å². The Morgan fingerprint density at radius 2 is 2.24 bits per heavy atom. The molecule has 3 aromatic rings. The minimum atomic E-state index is -0.0462. The summed E-state index contributed by atoms with van der Waals surface area (Å²) in [6.07, 6.45) is 0. The van der Waals surface area contributed by atoms with Gasteiger partial charge in [-0.25, -0.2) is 4.98 Å². The molecule has 0 atom stereocenters. The van der Waals surface area contributed by atoms with E-state index in [0.717, 1.165) is 5.69 Å². The normalized spacial score (nSPS) is 11.1. The van der Waals surface area contributed by atoms with Gasteiger partial charge in [0.15, 0.2) is 0 Å². The Bertz CT molecular complexity index is 739. The summed E-state index contributed by atoms with van der Waals surface area (Å²) in [6, 6.07) is 1.64. The number of nitrogen functional groups attached to an aromatic ring is 1. The summed E-state index contributed by atoms with van der Waals surface area (Å²) in [5, 5.41) is 2.43. The first-order valence-corrected chi connectivity index (χ1v) is 6.00. The summed E-state index contributed by atoms with van der Waals surface area (Å²) in [6.45, 7) is 1.85. The number of aromatic amines is 2. The Labute approximate surface area is 100 Å². The van der Waals surface area contributed by atoms with Crippen LogP contribution in [0.1, 0.15) is 5.69 Å². The van der Waals surface area contributed by atoms with Crippen LogP contribution in [0.4, 0.5) is 5.82 Å². The van der Waals surface area contributed by atoms with Crippen LogP contribution >= 0.6 is 11.3 Å². The third-order valence-electron chi connectivity index (χ3n) is 2.69. The number of hydrogen-bond donors (Lipinski definition) is 3. The monoisotopic (exact) mass is 246 g/mol. The van der Waals surface area contributed by atoms with Crippen molar-refractivity contribution in [2.45, 2.75) is 6.92 Å². The highest BCUT2D eigenvalue weighted by Crippen LogP contribution is 2.21. The Morgan fingerprint density at radius 3 is 2.94 bits per heavy atom. The fourth-order valence-electron chi connectivity index (χ4n) is 1.95. The molecule has 3 heterocycles. The first-order chi connectivity index (χ1) is 8.16. The Kier molecular flexibility index (Phi) is 2.05. The summed E-state index contributed by atoms with van der Waals surface area (Å²) in [5.41, 5.74) is 10.1. The van der Waals surface area contributed by atoms with Gasteiger partial charge in [-0.3, -0.25) is 4.79 Å². The number of rotatable bonds is 1. The highest BCUT2D eigenvalue weighted by molar-refractivity contribution is 7.07. The van der Waals surface area contributed by atoms with Crippen LogP contribution in [0.25, 0.3) is 22.3 Å². The summed E-state index contributed by atoms with van der Waals surface area (Å²) >= 11 is 1.47. The largest absolute Gasteiger partial charge is 0.385 e. The van der Waals surface area contributed by atoms with E-state index in [4.69, 9.17) is 5.73 Å². The maximum atomic E-state index is 12.3. The van der Waals surface area contributed by atoms with E-state index in [1.165, 1.54) is 11.3 Å². The average molecular weight is 246 g/mol. The lowest BCUT2D eigenvalue weighted by Crippen LogP contribution is -2.08. The molecule has 0 aliphatic carbocycles. The third-order valence-corrected chi connectivity index (χ3v) is 3.27. The maximum absolute atomic E-state index is 12.3. The number of aromatic nitrogens is 3. The van der Waals surface area contributed by atoms with E-state index in [2.05, 4.69) is 15.0 Å². The fourth-order valence-corrected chi connectivity index (χ4v) is 2.50. The number of anilines is 1. The lowest BCUT2D eigenvalue weighted by molar-refractivity contribution is 1.20. The van der Waals surface area contributed by atoms with Crippen molar-refractivity contribution >= 4 is 28.2 Å². The second kappa shape index (κ2) is 3.46. The lowest BCUT2D eigenvalue weighted by Gasteiger charge is -2.02. The van der Waals surface area contributed by atoms with E-state index in [0.29, 0.717) is 28.1 Å². The average Bonchev–Trinajstić information content (AvgIpc) is 2.87. The molecule has 0 unspecified atom stereocenters. The maximum Gasteiger partial charge on any atom is 0.200 e. The predicted molar refractivity (Wildman–Crippen MR) is 69.2 cm³/mol. The third kappa shape index (κ3) is 1.45. The van der Waals surface area contributed by atoms with Crippen molar-refractivity contribution in [1.82, 2.24) is 15.0 Å². The molecule has 3 aromatic heterocycles. The topological polar surface area (TPSA) is 87.6 Å². The van der Waals surface area contributed by atoms with Gasteiger partial charge in [-0.15, -0.1) is 11.3 Å². The fraction of sp³-hybridized carbons (Fsp3) is 0.0909. The highest BCUT2D eigenvalue weighted by atomic mass is 32.1. The molecule has 4 N–H and O–H groups in total. The van der Waals surface area contributed by atoms with Crippen LogP contribution in [0, 0.1) is 6.92 Å². The first-order valence-electron chi connectivity index (χ1n) is 5.06. The van der Waals surface area contributed by atoms with Gasteiger partial charge in [0.1, 0.15) is 11.5 Å². The molecule has 3 rings (SSSR count). The number of fused-ring (bicyclic) bond motifs is 1. The molecule has 6 heteroatoms. The molecule has 0 aliphatic heterocycles. The zero-order valence-electron chi connectivity index (χ0n) is 9.07. The number of nitrogens with zero attached hydrogens (tertiary/aromatic N) is 1. The van der Waals surface area contributed by atoms with E-state index in [9.17, 15) is 4.79 Å². The Morgan fingerprint density at radius 1 is 1.41 bits per heavy atom.